The van der Waals surface area contributed by atoms with Crippen LogP contribution in [0.1, 0.15) is 79.0 Å². The summed E-state index contributed by atoms with van der Waals surface area (Å²) in [5, 5.41) is 10.8. The van der Waals surface area contributed by atoms with E-state index in [-0.39, 0.29) is 0 Å². The lowest BCUT2D eigenvalue weighted by atomic mass is 9.85. The number of carbonyl (C=O) groups excluding carboxylic acids is 3. The molecule has 1 saturated heterocycles. The van der Waals surface area contributed by atoms with Crippen molar-refractivity contribution in [1.29, 1.82) is 0 Å². The fourth-order valence-electron chi connectivity index (χ4n) is 5.88. The van der Waals surface area contributed by atoms with Crippen LogP contribution in [-0.4, -0.2) is 33.9 Å². The molecule has 2 aliphatic rings. The van der Waals surface area contributed by atoms with E-state index in [9.17, 15) is 19.5 Å². The maximum Gasteiger partial charge on any atom is 0.339 e. The lowest BCUT2D eigenvalue weighted by molar-refractivity contribution is -0.125. The van der Waals surface area contributed by atoms with Crippen molar-refractivity contribution in [3.63, 3.8) is 0 Å². The molecule has 2 unspecified atom stereocenters. The van der Waals surface area contributed by atoms with Crippen molar-refractivity contribution in [2.75, 3.05) is 4.90 Å². The SMILES string of the molecule is O=C(c1ccccc1)N1C(=O)C(CCc2ccccc2)N(c2ccc(C(O)CCC3CCCCC3)cc2)C1=O. The highest BCUT2D eigenvalue weighted by atomic mass is 16.3. The summed E-state index contributed by atoms with van der Waals surface area (Å²) in [5.41, 5.74) is 2.69. The summed E-state index contributed by atoms with van der Waals surface area (Å²) in [4.78, 5) is 42.6. The summed E-state index contributed by atoms with van der Waals surface area (Å²) < 4.78 is 0. The molecule has 0 bridgehead atoms. The van der Waals surface area contributed by atoms with E-state index in [1.165, 1.54) is 37.0 Å². The zero-order valence-corrected chi connectivity index (χ0v) is 22.2. The van der Waals surface area contributed by atoms with Crippen molar-refractivity contribution in [2.45, 2.75) is 69.9 Å². The Labute approximate surface area is 230 Å². The van der Waals surface area contributed by atoms with Gasteiger partial charge in [0.15, 0.2) is 0 Å². The molecule has 0 aromatic heterocycles. The quantitative estimate of drug-likeness (QED) is 0.250. The highest BCUT2D eigenvalue weighted by Crippen LogP contribution is 2.33. The number of hydrogen-bond acceptors (Lipinski definition) is 4. The number of anilines is 1. The number of rotatable bonds is 9. The van der Waals surface area contributed by atoms with Crippen LogP contribution < -0.4 is 4.90 Å². The van der Waals surface area contributed by atoms with Gasteiger partial charge in [0.05, 0.1) is 6.10 Å². The zero-order valence-electron chi connectivity index (χ0n) is 22.2. The second-order valence-corrected chi connectivity index (χ2v) is 10.7. The van der Waals surface area contributed by atoms with Gasteiger partial charge in [-0.3, -0.25) is 14.5 Å². The van der Waals surface area contributed by atoms with Crippen molar-refractivity contribution in [3.8, 4) is 0 Å². The molecule has 2 atom stereocenters. The van der Waals surface area contributed by atoms with Crippen LogP contribution in [0.5, 0.6) is 0 Å². The minimum atomic E-state index is -0.799. The largest absolute Gasteiger partial charge is 0.388 e. The number of imide groups is 3. The topological polar surface area (TPSA) is 77.9 Å². The first-order chi connectivity index (χ1) is 19.0. The molecule has 6 heteroatoms. The number of aliphatic hydroxyl groups is 1. The Morgan fingerprint density at radius 3 is 2.13 bits per heavy atom. The number of urea groups is 1. The van der Waals surface area contributed by atoms with Gasteiger partial charge in [0, 0.05) is 11.3 Å². The molecule has 2 fully saturated rings. The lowest BCUT2D eigenvalue weighted by Gasteiger charge is -2.24. The molecule has 3 aromatic carbocycles. The Hall–Kier alpha value is -3.77. The van der Waals surface area contributed by atoms with Gasteiger partial charge in [-0.15, -0.1) is 0 Å². The fraction of sp³-hybridized carbons (Fsp3) is 0.364. The monoisotopic (exact) mass is 524 g/mol. The summed E-state index contributed by atoms with van der Waals surface area (Å²) in [6.45, 7) is 0. The summed E-state index contributed by atoms with van der Waals surface area (Å²) in [6.07, 6.45) is 8.52. The van der Waals surface area contributed by atoms with Crippen LogP contribution in [0.3, 0.4) is 0 Å². The molecule has 1 aliphatic carbocycles. The smallest absolute Gasteiger partial charge is 0.339 e. The first-order valence-electron chi connectivity index (χ1n) is 14.1. The number of benzene rings is 3. The maximum absolute atomic E-state index is 13.6. The second kappa shape index (κ2) is 12.4. The maximum atomic E-state index is 13.6. The molecule has 4 amide bonds. The summed E-state index contributed by atoms with van der Waals surface area (Å²) in [6, 6.07) is 24.0. The summed E-state index contributed by atoms with van der Waals surface area (Å²) in [5.74, 6) is -0.437. The molecule has 6 nitrogen and oxygen atoms in total. The van der Waals surface area contributed by atoms with E-state index in [0.717, 1.165) is 22.4 Å². The van der Waals surface area contributed by atoms with Crippen LogP contribution in [-0.2, 0) is 11.2 Å². The van der Waals surface area contributed by atoms with Gasteiger partial charge < -0.3 is 5.11 Å². The number of carbonyl (C=O) groups is 3. The predicted octanol–water partition coefficient (Wildman–Crippen LogP) is 6.69. The standard InChI is InChI=1S/C33H36N2O4/c36-30(23-17-25-12-6-2-7-13-25)26-18-20-28(21-19-26)34-29(22-16-24-10-4-1-5-11-24)32(38)35(33(34)39)31(37)27-14-8-3-9-15-27/h1,3-5,8-11,14-15,18-21,25,29-30,36H,2,6-7,12-13,16-17,22-23H2. The molecule has 39 heavy (non-hydrogen) atoms. The zero-order chi connectivity index (χ0) is 27.2. The third kappa shape index (κ3) is 6.12. The van der Waals surface area contributed by atoms with E-state index in [1.54, 1.807) is 42.5 Å². The fourth-order valence-corrected chi connectivity index (χ4v) is 5.88. The minimum Gasteiger partial charge on any atom is -0.388 e. The van der Waals surface area contributed by atoms with Gasteiger partial charge in [-0.2, -0.15) is 4.90 Å². The Morgan fingerprint density at radius 1 is 0.821 bits per heavy atom. The normalized spacial score (nSPS) is 18.9. The second-order valence-electron chi connectivity index (χ2n) is 10.7. The lowest BCUT2D eigenvalue weighted by Crippen LogP contribution is -2.38. The van der Waals surface area contributed by atoms with Crippen LogP contribution >= 0.6 is 0 Å². The summed E-state index contributed by atoms with van der Waals surface area (Å²) in [7, 11) is 0. The van der Waals surface area contributed by atoms with Crippen LogP contribution in [0.25, 0.3) is 0 Å². The van der Waals surface area contributed by atoms with Gasteiger partial charge in [0.1, 0.15) is 6.04 Å². The molecule has 1 N–H and O–H groups in total. The average molecular weight is 525 g/mol. The Bertz CT molecular complexity index is 1270. The summed E-state index contributed by atoms with van der Waals surface area (Å²) >= 11 is 0. The van der Waals surface area contributed by atoms with Gasteiger partial charge in [-0.1, -0.05) is 92.8 Å². The molecule has 3 aromatic rings. The van der Waals surface area contributed by atoms with Crippen molar-refractivity contribution >= 4 is 23.5 Å². The van der Waals surface area contributed by atoms with E-state index in [2.05, 4.69) is 0 Å². The van der Waals surface area contributed by atoms with Crippen molar-refractivity contribution in [3.05, 3.63) is 102 Å². The van der Waals surface area contributed by atoms with Gasteiger partial charge in [-0.25, -0.2) is 4.79 Å². The Kier molecular flexibility index (Phi) is 8.52. The third-order valence-corrected chi connectivity index (χ3v) is 8.12. The molecular weight excluding hydrogens is 488 g/mol. The number of aryl methyl sites for hydroxylation is 1. The molecular formula is C33H36N2O4. The van der Waals surface area contributed by atoms with E-state index in [4.69, 9.17) is 0 Å². The van der Waals surface area contributed by atoms with Crippen molar-refractivity contribution in [2.24, 2.45) is 5.92 Å². The highest BCUT2D eigenvalue weighted by Gasteiger charge is 2.48. The first kappa shape index (κ1) is 26.8. The highest BCUT2D eigenvalue weighted by molar-refractivity contribution is 6.26. The first-order valence-corrected chi connectivity index (χ1v) is 14.1. The van der Waals surface area contributed by atoms with E-state index < -0.39 is 30.0 Å². The molecule has 1 saturated carbocycles. The average Bonchev–Trinajstić information content (AvgIpc) is 3.24. The molecule has 0 spiro atoms. The number of amides is 4. The van der Waals surface area contributed by atoms with Crippen LogP contribution in [0.4, 0.5) is 10.5 Å². The van der Waals surface area contributed by atoms with Gasteiger partial charge in [-0.05, 0) is 67.0 Å². The van der Waals surface area contributed by atoms with E-state index >= 15 is 0 Å². The van der Waals surface area contributed by atoms with Gasteiger partial charge in [0.2, 0.25) is 0 Å². The Balaban J connectivity index is 1.35. The third-order valence-electron chi connectivity index (χ3n) is 8.12. The van der Waals surface area contributed by atoms with Crippen molar-refractivity contribution in [1.82, 2.24) is 4.90 Å². The molecule has 5 rings (SSSR count). The van der Waals surface area contributed by atoms with E-state index in [0.29, 0.717) is 36.4 Å². The molecule has 1 heterocycles. The predicted molar refractivity (Wildman–Crippen MR) is 151 cm³/mol. The number of hydrogen-bond donors (Lipinski definition) is 1. The van der Waals surface area contributed by atoms with Crippen molar-refractivity contribution < 1.29 is 19.5 Å². The van der Waals surface area contributed by atoms with E-state index in [1.807, 2.05) is 42.5 Å². The Morgan fingerprint density at radius 2 is 1.46 bits per heavy atom. The minimum absolute atomic E-state index is 0.291. The number of nitrogens with zero attached hydrogens (tertiary/aromatic N) is 2. The van der Waals surface area contributed by atoms with Gasteiger partial charge in [0.25, 0.3) is 11.8 Å². The molecule has 202 valence electrons. The number of aliphatic hydroxyl groups excluding tert-OH is 1. The van der Waals surface area contributed by atoms with Gasteiger partial charge >= 0.3 is 6.03 Å². The van der Waals surface area contributed by atoms with Crippen LogP contribution in [0.15, 0.2) is 84.9 Å². The molecule has 1 aliphatic heterocycles. The van der Waals surface area contributed by atoms with Crippen LogP contribution in [0, 0.1) is 5.92 Å². The van der Waals surface area contributed by atoms with Crippen LogP contribution in [0.2, 0.25) is 0 Å². The molecule has 0 radical (unpaired) electrons.